The smallest absolute Gasteiger partial charge is 0.322 e. The quantitative estimate of drug-likeness (QED) is 0.774. The number of carbonyl (C=O) groups is 1. The molecule has 0 amide bonds. The van der Waals surface area contributed by atoms with Gasteiger partial charge in [-0.3, -0.25) is 4.79 Å². The normalized spacial score (nSPS) is 17.6. The summed E-state index contributed by atoms with van der Waals surface area (Å²) in [5.41, 5.74) is 0. The van der Waals surface area contributed by atoms with Crippen molar-refractivity contribution in [1.29, 1.82) is 0 Å². The molecule has 0 bridgehead atoms. The predicted octanol–water partition coefficient (Wildman–Crippen LogP) is 3.53. The van der Waals surface area contributed by atoms with E-state index < -0.39 is 0 Å². The summed E-state index contributed by atoms with van der Waals surface area (Å²) in [5, 5.41) is 0.698. The molecular formula is C12H13ClO2S. The number of rotatable bonds is 3. The standard InChI is InChI=1S/C12H13ClO2S/c1-15-11(14)12(6-3-7-12)16-10-5-2-4-9(13)8-10/h2,4-5,8H,3,6-7H2,1H3. The van der Waals surface area contributed by atoms with Gasteiger partial charge in [0.2, 0.25) is 0 Å². The largest absolute Gasteiger partial charge is 0.468 e. The molecule has 1 aromatic rings. The lowest BCUT2D eigenvalue weighted by Gasteiger charge is -2.38. The topological polar surface area (TPSA) is 26.3 Å². The number of esters is 1. The molecule has 0 N–H and O–H groups in total. The zero-order valence-corrected chi connectivity index (χ0v) is 10.6. The second-order valence-electron chi connectivity index (χ2n) is 3.90. The zero-order valence-electron chi connectivity index (χ0n) is 9.03. The monoisotopic (exact) mass is 256 g/mol. The fourth-order valence-electron chi connectivity index (χ4n) is 1.79. The molecule has 1 aliphatic carbocycles. The number of hydrogen-bond donors (Lipinski definition) is 0. The molecule has 0 radical (unpaired) electrons. The third-order valence-corrected chi connectivity index (χ3v) is 4.52. The van der Waals surface area contributed by atoms with Crippen LogP contribution in [-0.2, 0) is 9.53 Å². The van der Waals surface area contributed by atoms with E-state index in [4.69, 9.17) is 16.3 Å². The van der Waals surface area contributed by atoms with Gasteiger partial charge < -0.3 is 4.74 Å². The molecule has 0 spiro atoms. The van der Waals surface area contributed by atoms with Gasteiger partial charge in [-0.25, -0.2) is 0 Å². The highest BCUT2D eigenvalue weighted by molar-refractivity contribution is 8.01. The number of hydrogen-bond acceptors (Lipinski definition) is 3. The summed E-state index contributed by atoms with van der Waals surface area (Å²) in [6.07, 6.45) is 2.86. The summed E-state index contributed by atoms with van der Waals surface area (Å²) < 4.78 is 4.49. The van der Waals surface area contributed by atoms with Crippen molar-refractivity contribution in [3.05, 3.63) is 29.3 Å². The van der Waals surface area contributed by atoms with E-state index in [1.807, 2.05) is 24.3 Å². The first-order valence-electron chi connectivity index (χ1n) is 5.19. The first-order chi connectivity index (χ1) is 7.66. The maximum atomic E-state index is 11.7. The Hall–Kier alpha value is -0.670. The van der Waals surface area contributed by atoms with Crippen LogP contribution in [0.25, 0.3) is 0 Å². The molecular weight excluding hydrogens is 244 g/mol. The fourth-order valence-corrected chi connectivity index (χ4v) is 3.49. The van der Waals surface area contributed by atoms with Crippen molar-refractivity contribution in [2.45, 2.75) is 28.9 Å². The van der Waals surface area contributed by atoms with Crippen LogP contribution in [0.1, 0.15) is 19.3 Å². The average Bonchev–Trinajstić information content (AvgIpc) is 2.22. The number of benzene rings is 1. The summed E-state index contributed by atoms with van der Waals surface area (Å²) >= 11 is 7.48. The van der Waals surface area contributed by atoms with Crippen LogP contribution in [-0.4, -0.2) is 17.8 Å². The second-order valence-corrected chi connectivity index (χ2v) is 5.79. The zero-order chi connectivity index (χ0) is 11.6. The van der Waals surface area contributed by atoms with Crippen LogP contribution in [0.4, 0.5) is 0 Å². The molecule has 2 nitrogen and oxygen atoms in total. The van der Waals surface area contributed by atoms with Gasteiger partial charge in [0, 0.05) is 9.92 Å². The molecule has 2 rings (SSSR count). The van der Waals surface area contributed by atoms with E-state index in [9.17, 15) is 4.79 Å². The van der Waals surface area contributed by atoms with E-state index >= 15 is 0 Å². The van der Waals surface area contributed by atoms with E-state index in [1.54, 1.807) is 11.8 Å². The van der Waals surface area contributed by atoms with Gasteiger partial charge in [0.15, 0.2) is 0 Å². The highest BCUT2D eigenvalue weighted by Crippen LogP contribution is 2.48. The van der Waals surface area contributed by atoms with Crippen molar-refractivity contribution in [2.24, 2.45) is 0 Å². The predicted molar refractivity (Wildman–Crippen MR) is 65.9 cm³/mol. The molecule has 16 heavy (non-hydrogen) atoms. The minimum atomic E-state index is -0.376. The van der Waals surface area contributed by atoms with Crippen LogP contribution in [0.15, 0.2) is 29.2 Å². The molecule has 0 aliphatic heterocycles. The van der Waals surface area contributed by atoms with Crippen molar-refractivity contribution in [1.82, 2.24) is 0 Å². The summed E-state index contributed by atoms with van der Waals surface area (Å²) in [6.45, 7) is 0. The molecule has 0 saturated heterocycles. The van der Waals surface area contributed by atoms with Crippen LogP contribution in [0.5, 0.6) is 0 Å². The number of thioether (sulfide) groups is 1. The maximum Gasteiger partial charge on any atom is 0.322 e. The van der Waals surface area contributed by atoms with E-state index in [0.29, 0.717) is 5.02 Å². The Morgan fingerprint density at radius 3 is 2.75 bits per heavy atom. The summed E-state index contributed by atoms with van der Waals surface area (Å²) in [6, 6.07) is 7.58. The van der Waals surface area contributed by atoms with E-state index in [0.717, 1.165) is 24.2 Å². The Bertz CT molecular complexity index is 402. The molecule has 0 unspecified atom stereocenters. The molecule has 1 fully saturated rings. The molecule has 1 aliphatic rings. The highest BCUT2D eigenvalue weighted by Gasteiger charge is 2.46. The van der Waals surface area contributed by atoms with Gasteiger partial charge in [0.05, 0.1) is 7.11 Å². The number of methoxy groups -OCH3 is 1. The van der Waals surface area contributed by atoms with Crippen molar-refractivity contribution < 1.29 is 9.53 Å². The van der Waals surface area contributed by atoms with Crippen molar-refractivity contribution in [3.63, 3.8) is 0 Å². The van der Waals surface area contributed by atoms with E-state index in [2.05, 4.69) is 0 Å². The fraction of sp³-hybridized carbons (Fsp3) is 0.417. The van der Waals surface area contributed by atoms with E-state index in [-0.39, 0.29) is 10.7 Å². The Morgan fingerprint density at radius 2 is 2.25 bits per heavy atom. The third-order valence-electron chi connectivity index (χ3n) is 2.83. The van der Waals surface area contributed by atoms with Crippen LogP contribution in [0, 0.1) is 0 Å². The first-order valence-corrected chi connectivity index (χ1v) is 6.39. The van der Waals surface area contributed by atoms with Gasteiger partial charge in [0.1, 0.15) is 4.75 Å². The van der Waals surface area contributed by atoms with Crippen molar-refractivity contribution in [2.75, 3.05) is 7.11 Å². The van der Waals surface area contributed by atoms with E-state index in [1.165, 1.54) is 7.11 Å². The number of ether oxygens (including phenoxy) is 1. The Labute approximate surface area is 104 Å². The van der Waals surface area contributed by atoms with Crippen LogP contribution >= 0.6 is 23.4 Å². The molecule has 1 aromatic carbocycles. The van der Waals surface area contributed by atoms with Gasteiger partial charge in [-0.1, -0.05) is 17.7 Å². The molecule has 86 valence electrons. The van der Waals surface area contributed by atoms with Gasteiger partial charge in [-0.15, -0.1) is 11.8 Å². The molecule has 0 heterocycles. The van der Waals surface area contributed by atoms with Crippen LogP contribution < -0.4 is 0 Å². The average molecular weight is 257 g/mol. The van der Waals surface area contributed by atoms with Gasteiger partial charge >= 0.3 is 5.97 Å². The third kappa shape index (κ3) is 2.20. The maximum absolute atomic E-state index is 11.7. The lowest BCUT2D eigenvalue weighted by atomic mass is 9.84. The van der Waals surface area contributed by atoms with Crippen LogP contribution in [0.3, 0.4) is 0 Å². The number of carbonyl (C=O) groups excluding carboxylic acids is 1. The SMILES string of the molecule is COC(=O)C1(Sc2cccc(Cl)c2)CCC1. The minimum absolute atomic E-state index is 0.122. The highest BCUT2D eigenvalue weighted by atomic mass is 35.5. The van der Waals surface area contributed by atoms with Gasteiger partial charge in [0.25, 0.3) is 0 Å². The molecule has 0 aromatic heterocycles. The van der Waals surface area contributed by atoms with Crippen LogP contribution in [0.2, 0.25) is 5.02 Å². The Balaban J connectivity index is 2.16. The molecule has 0 atom stereocenters. The summed E-state index contributed by atoms with van der Waals surface area (Å²) in [5.74, 6) is -0.122. The van der Waals surface area contributed by atoms with Crippen molar-refractivity contribution in [3.8, 4) is 0 Å². The Morgan fingerprint density at radius 1 is 1.50 bits per heavy atom. The lowest BCUT2D eigenvalue weighted by molar-refractivity contribution is -0.145. The summed E-state index contributed by atoms with van der Waals surface area (Å²) in [4.78, 5) is 12.8. The number of halogens is 1. The van der Waals surface area contributed by atoms with Crippen molar-refractivity contribution >= 4 is 29.3 Å². The molecule has 1 saturated carbocycles. The van der Waals surface area contributed by atoms with Gasteiger partial charge in [-0.2, -0.15) is 0 Å². The minimum Gasteiger partial charge on any atom is -0.468 e. The summed E-state index contributed by atoms with van der Waals surface area (Å²) in [7, 11) is 1.45. The lowest BCUT2D eigenvalue weighted by Crippen LogP contribution is -2.42. The van der Waals surface area contributed by atoms with Gasteiger partial charge in [-0.05, 0) is 37.5 Å². The second kappa shape index (κ2) is 4.68. The first kappa shape index (κ1) is 11.8. The molecule has 4 heteroatoms. The Kier molecular flexibility index (Phi) is 3.45.